The lowest BCUT2D eigenvalue weighted by atomic mass is 10.3. The Bertz CT molecular complexity index is 601. The summed E-state index contributed by atoms with van der Waals surface area (Å²) < 4.78 is 40.8. The maximum absolute atomic E-state index is 11.5. The molecule has 0 radical (unpaired) electrons. The number of anilines is 1. The summed E-state index contributed by atoms with van der Waals surface area (Å²) in [6.45, 7) is 2.83. The first-order valence-corrected chi connectivity index (χ1v) is 5.36. The van der Waals surface area contributed by atoms with Crippen molar-refractivity contribution >= 4 is 24.4 Å². The standard InChI is InChI=1S/C8H11N5O.BF4/c1-2-3-13-4-10-6-5(13)7(14)12-8(9)11-6;2-1(3,4)5/h4H,2-3H2,1H3,(H3,9,11,12,14);/q;-1/p+1. The van der Waals surface area contributed by atoms with Crippen LogP contribution in [0.5, 0.6) is 0 Å². The number of aromatic amines is 2. The number of H-pyrrole nitrogens is 2. The smallest absolute Gasteiger partial charge is 0.418 e. The molecule has 0 spiro atoms. The van der Waals surface area contributed by atoms with Crippen molar-refractivity contribution in [3.63, 3.8) is 0 Å². The Morgan fingerprint density at radius 1 is 1.42 bits per heavy atom. The second-order valence-electron chi connectivity index (χ2n) is 3.61. The van der Waals surface area contributed by atoms with Gasteiger partial charge in [-0.1, -0.05) is 6.92 Å². The number of fused-ring (bicyclic) bond motifs is 1. The molecule has 2 aromatic heterocycles. The largest absolute Gasteiger partial charge is 0.673 e. The maximum atomic E-state index is 11.5. The maximum Gasteiger partial charge on any atom is 0.673 e. The lowest BCUT2D eigenvalue weighted by Gasteiger charge is -1.94. The predicted molar refractivity (Wildman–Crippen MR) is 61.8 cm³/mol. The second kappa shape index (κ2) is 5.72. The van der Waals surface area contributed by atoms with Gasteiger partial charge >= 0.3 is 12.8 Å². The highest BCUT2D eigenvalue weighted by atomic mass is 19.5. The van der Waals surface area contributed by atoms with Gasteiger partial charge in [-0.05, 0) is 6.42 Å². The monoisotopic (exact) mass is 281 g/mol. The zero-order valence-corrected chi connectivity index (χ0v) is 9.96. The molecule has 6 nitrogen and oxygen atoms in total. The number of imidazole rings is 1. The highest BCUT2D eigenvalue weighted by Crippen LogP contribution is 2.06. The van der Waals surface area contributed by atoms with E-state index in [2.05, 4.69) is 15.0 Å². The van der Waals surface area contributed by atoms with E-state index in [9.17, 15) is 22.1 Å². The molecule has 0 aliphatic heterocycles. The summed E-state index contributed by atoms with van der Waals surface area (Å²) in [6, 6.07) is 0. The Balaban J connectivity index is 0.000000312. The Labute approximate surface area is 104 Å². The topological polar surface area (TPSA) is 91.4 Å². The van der Waals surface area contributed by atoms with Crippen LogP contribution in [0.15, 0.2) is 11.1 Å². The summed E-state index contributed by atoms with van der Waals surface area (Å²) in [5.74, 6) is 0.132. The average molecular weight is 281 g/mol. The summed E-state index contributed by atoms with van der Waals surface area (Å²) in [6.07, 6.45) is 2.69. The van der Waals surface area contributed by atoms with E-state index in [-0.39, 0.29) is 11.5 Å². The van der Waals surface area contributed by atoms with E-state index in [4.69, 9.17) is 5.73 Å². The van der Waals surface area contributed by atoms with Gasteiger partial charge in [0.1, 0.15) is 0 Å². The third-order valence-corrected chi connectivity index (χ3v) is 2.02. The predicted octanol–water partition coefficient (Wildman–Crippen LogP) is 0.831. The molecule has 0 aliphatic carbocycles. The highest BCUT2D eigenvalue weighted by molar-refractivity contribution is 6.50. The number of halogens is 4. The Morgan fingerprint density at radius 2 is 2.00 bits per heavy atom. The van der Waals surface area contributed by atoms with Crippen molar-refractivity contribution < 1.29 is 21.8 Å². The van der Waals surface area contributed by atoms with Gasteiger partial charge in [0.05, 0.1) is 6.54 Å². The van der Waals surface area contributed by atoms with Gasteiger partial charge in [-0.3, -0.25) is 9.78 Å². The minimum atomic E-state index is -6.00. The zero-order valence-electron chi connectivity index (χ0n) is 9.96. The molecule has 11 heteroatoms. The lowest BCUT2D eigenvalue weighted by molar-refractivity contribution is -0.671. The molecule has 2 heterocycles. The van der Waals surface area contributed by atoms with E-state index >= 15 is 0 Å². The molecule has 0 aromatic carbocycles. The fourth-order valence-corrected chi connectivity index (χ4v) is 1.47. The summed E-state index contributed by atoms with van der Waals surface area (Å²) in [5, 5.41) is 0. The fourth-order valence-electron chi connectivity index (χ4n) is 1.47. The number of nitrogen functional groups attached to an aromatic ring is 1. The van der Waals surface area contributed by atoms with Gasteiger partial charge in [-0.2, -0.15) is 4.98 Å². The van der Waals surface area contributed by atoms with E-state index in [1.54, 1.807) is 6.33 Å². The summed E-state index contributed by atoms with van der Waals surface area (Å²) >= 11 is 0. The third kappa shape index (κ3) is 4.60. The van der Waals surface area contributed by atoms with Crippen molar-refractivity contribution in [2.75, 3.05) is 5.73 Å². The number of nitrogens with one attached hydrogen (secondary N) is 2. The van der Waals surface area contributed by atoms with E-state index in [1.165, 1.54) is 0 Å². The van der Waals surface area contributed by atoms with Crippen molar-refractivity contribution in [1.29, 1.82) is 0 Å². The highest BCUT2D eigenvalue weighted by Gasteiger charge is 2.20. The van der Waals surface area contributed by atoms with Gasteiger partial charge in [-0.25, -0.2) is 9.55 Å². The van der Waals surface area contributed by atoms with Crippen LogP contribution in [0.3, 0.4) is 0 Å². The van der Waals surface area contributed by atoms with E-state index in [1.807, 2.05) is 11.5 Å². The molecular formula is C8H12BF4N5O. The minimum Gasteiger partial charge on any atom is -0.418 e. The number of nitrogens with two attached hydrogens (primary N) is 1. The van der Waals surface area contributed by atoms with Gasteiger partial charge in [0, 0.05) is 0 Å². The van der Waals surface area contributed by atoms with Crippen LogP contribution in [0.1, 0.15) is 13.3 Å². The quantitative estimate of drug-likeness (QED) is 0.432. The second-order valence-corrected chi connectivity index (χ2v) is 3.61. The van der Waals surface area contributed by atoms with Crippen LogP contribution in [-0.2, 0) is 6.54 Å². The first-order valence-electron chi connectivity index (χ1n) is 5.36. The number of nitrogens with zero attached hydrogens (tertiary/aromatic N) is 2. The van der Waals surface area contributed by atoms with Gasteiger partial charge in [0.25, 0.3) is 11.2 Å². The molecule has 0 unspecified atom stereocenters. The molecule has 19 heavy (non-hydrogen) atoms. The Morgan fingerprint density at radius 3 is 2.53 bits per heavy atom. The van der Waals surface area contributed by atoms with Gasteiger partial charge in [0.15, 0.2) is 0 Å². The molecule has 0 aliphatic rings. The van der Waals surface area contributed by atoms with E-state index < -0.39 is 7.25 Å². The first kappa shape index (κ1) is 15.0. The normalized spacial score (nSPS) is 11.2. The number of hydrogen-bond acceptors (Lipinski definition) is 3. The molecule has 0 fully saturated rings. The molecule has 4 N–H and O–H groups in total. The fraction of sp³-hybridized carbons (Fsp3) is 0.375. The van der Waals surface area contributed by atoms with Crippen LogP contribution in [-0.4, -0.2) is 22.2 Å². The Hall–Kier alpha value is -2.07. The first-order chi connectivity index (χ1) is 8.72. The van der Waals surface area contributed by atoms with Crippen LogP contribution < -0.4 is 15.9 Å². The molecule has 106 valence electrons. The molecule has 0 bridgehead atoms. The molecular weight excluding hydrogens is 269 g/mol. The van der Waals surface area contributed by atoms with Gasteiger partial charge in [0.2, 0.25) is 12.3 Å². The average Bonchev–Trinajstić information content (AvgIpc) is 2.59. The third-order valence-electron chi connectivity index (χ3n) is 2.02. The summed E-state index contributed by atoms with van der Waals surface area (Å²) in [4.78, 5) is 20.9. The lowest BCUT2D eigenvalue weighted by Crippen LogP contribution is -2.36. The van der Waals surface area contributed by atoms with Crippen LogP contribution in [0.4, 0.5) is 23.2 Å². The van der Waals surface area contributed by atoms with Crippen LogP contribution in [0, 0.1) is 0 Å². The minimum absolute atomic E-state index is 0.132. The number of rotatable bonds is 2. The molecule has 0 saturated heterocycles. The number of hydrogen-bond donors (Lipinski definition) is 3. The summed E-state index contributed by atoms with van der Waals surface area (Å²) in [5.41, 5.74) is 6.28. The van der Waals surface area contributed by atoms with E-state index in [0.29, 0.717) is 11.2 Å². The van der Waals surface area contributed by atoms with Gasteiger partial charge < -0.3 is 23.0 Å². The van der Waals surface area contributed by atoms with Crippen molar-refractivity contribution in [2.24, 2.45) is 0 Å². The zero-order chi connectivity index (χ0) is 14.6. The van der Waals surface area contributed by atoms with Crippen molar-refractivity contribution in [2.45, 2.75) is 19.9 Å². The van der Waals surface area contributed by atoms with Crippen LogP contribution >= 0.6 is 0 Å². The summed E-state index contributed by atoms with van der Waals surface area (Å²) in [7, 11) is -6.00. The molecule has 0 amide bonds. The van der Waals surface area contributed by atoms with Crippen LogP contribution in [0.2, 0.25) is 0 Å². The van der Waals surface area contributed by atoms with Crippen LogP contribution in [0.25, 0.3) is 11.2 Å². The molecule has 2 aromatic rings. The van der Waals surface area contributed by atoms with Crippen molar-refractivity contribution in [1.82, 2.24) is 15.0 Å². The van der Waals surface area contributed by atoms with Gasteiger partial charge in [-0.15, -0.1) is 0 Å². The Kier molecular flexibility index (Phi) is 4.51. The van der Waals surface area contributed by atoms with Crippen molar-refractivity contribution in [3.8, 4) is 0 Å². The molecule has 2 rings (SSSR count). The van der Waals surface area contributed by atoms with E-state index in [0.717, 1.165) is 13.0 Å². The molecule has 0 saturated carbocycles. The SMILES string of the molecule is CCC[n+]1c[nH]c2nc(N)[nH]c(=O)c21.F[B-](F)(F)F. The number of aromatic nitrogens is 4. The van der Waals surface area contributed by atoms with Crippen molar-refractivity contribution in [3.05, 3.63) is 16.7 Å². The molecule has 0 atom stereocenters. The number of aryl methyl sites for hydroxylation is 1.